The molecule has 1 aromatic rings. The van der Waals surface area contributed by atoms with E-state index in [4.69, 9.17) is 28.3 Å². The number of hydrogen-bond acceptors (Lipinski definition) is 2. The van der Waals surface area contributed by atoms with Gasteiger partial charge in [-0.2, -0.15) is 0 Å². The van der Waals surface area contributed by atoms with Gasteiger partial charge in [0.2, 0.25) is 0 Å². The first kappa shape index (κ1) is 11.4. The summed E-state index contributed by atoms with van der Waals surface area (Å²) < 4.78 is 0. The minimum absolute atomic E-state index is 0.550. The third kappa shape index (κ3) is 3.62. The second-order valence-electron chi connectivity index (χ2n) is 2.33. The van der Waals surface area contributed by atoms with Crippen LogP contribution in [0.2, 0.25) is 10.0 Å². The van der Waals surface area contributed by atoms with E-state index in [0.29, 0.717) is 10.0 Å². The Hall–Kier alpha value is -0.640. The molecule has 0 aliphatic carbocycles. The monoisotopic (exact) mass is 248 g/mol. The lowest BCUT2D eigenvalue weighted by atomic mass is 10.4. The molecule has 0 radical (unpaired) electrons. The van der Waals surface area contributed by atoms with Gasteiger partial charge < -0.3 is 5.11 Å². The highest BCUT2D eigenvalue weighted by molar-refractivity contribution is 8.02. The van der Waals surface area contributed by atoms with Crippen molar-refractivity contribution in [3.63, 3.8) is 0 Å². The molecule has 1 N–H and O–H groups in total. The number of carboxylic acid groups (broad SMARTS) is 1. The summed E-state index contributed by atoms with van der Waals surface area (Å²) in [7, 11) is 0. The lowest BCUT2D eigenvalue weighted by Gasteiger charge is -1.99. The normalized spacial score (nSPS) is 10.7. The van der Waals surface area contributed by atoms with E-state index < -0.39 is 5.97 Å². The summed E-state index contributed by atoms with van der Waals surface area (Å²) in [5, 5.41) is 10.9. The zero-order valence-corrected chi connectivity index (χ0v) is 9.23. The van der Waals surface area contributed by atoms with Gasteiger partial charge in [-0.25, -0.2) is 4.79 Å². The molecule has 0 spiro atoms. The van der Waals surface area contributed by atoms with Crippen LogP contribution in [-0.4, -0.2) is 11.1 Å². The number of benzene rings is 1. The highest BCUT2D eigenvalue weighted by Crippen LogP contribution is 2.30. The van der Waals surface area contributed by atoms with E-state index >= 15 is 0 Å². The maximum atomic E-state index is 10.2. The minimum Gasteiger partial charge on any atom is -0.478 e. The molecule has 0 bridgehead atoms. The molecule has 0 saturated carbocycles. The lowest BCUT2D eigenvalue weighted by Crippen LogP contribution is -1.84. The number of carbonyl (C=O) groups is 1. The van der Waals surface area contributed by atoms with Gasteiger partial charge in [-0.1, -0.05) is 35.0 Å². The summed E-state index contributed by atoms with van der Waals surface area (Å²) in [6, 6.07) is 5.02. The van der Waals surface area contributed by atoms with Crippen molar-refractivity contribution in [2.45, 2.75) is 4.90 Å². The van der Waals surface area contributed by atoms with Crippen LogP contribution in [-0.2, 0) is 4.79 Å². The predicted molar refractivity (Wildman–Crippen MR) is 59.1 cm³/mol. The molecule has 74 valence electrons. The van der Waals surface area contributed by atoms with Crippen molar-refractivity contribution in [3.8, 4) is 0 Å². The van der Waals surface area contributed by atoms with Crippen LogP contribution in [0.15, 0.2) is 34.6 Å². The first-order chi connectivity index (χ1) is 6.59. The Morgan fingerprint density at radius 2 is 2.14 bits per heavy atom. The quantitative estimate of drug-likeness (QED) is 0.655. The van der Waals surface area contributed by atoms with E-state index in [-0.39, 0.29) is 0 Å². The summed E-state index contributed by atoms with van der Waals surface area (Å²) in [6.07, 6.45) is 1.04. The number of carboxylic acids is 1. The maximum Gasteiger partial charge on any atom is 0.328 e. The Morgan fingerprint density at radius 1 is 1.43 bits per heavy atom. The molecule has 1 aromatic carbocycles. The van der Waals surface area contributed by atoms with E-state index in [1.807, 2.05) is 0 Å². The van der Waals surface area contributed by atoms with Crippen LogP contribution in [0.3, 0.4) is 0 Å². The molecule has 0 atom stereocenters. The van der Waals surface area contributed by atoms with Crippen LogP contribution in [0.5, 0.6) is 0 Å². The largest absolute Gasteiger partial charge is 0.478 e. The van der Waals surface area contributed by atoms with Crippen LogP contribution in [0.4, 0.5) is 0 Å². The zero-order valence-electron chi connectivity index (χ0n) is 6.91. The summed E-state index contributed by atoms with van der Waals surface area (Å²) >= 11 is 12.8. The van der Waals surface area contributed by atoms with E-state index in [1.165, 1.54) is 17.2 Å². The second kappa shape index (κ2) is 5.29. The van der Waals surface area contributed by atoms with Gasteiger partial charge in [-0.15, -0.1) is 0 Å². The van der Waals surface area contributed by atoms with Gasteiger partial charge in [0.25, 0.3) is 0 Å². The summed E-state index contributed by atoms with van der Waals surface area (Å²) in [5.41, 5.74) is 0. The van der Waals surface area contributed by atoms with Crippen molar-refractivity contribution in [1.29, 1.82) is 0 Å². The highest BCUT2D eigenvalue weighted by atomic mass is 35.5. The smallest absolute Gasteiger partial charge is 0.328 e. The molecule has 0 aliphatic rings. The molecule has 14 heavy (non-hydrogen) atoms. The molecule has 5 heteroatoms. The third-order valence-corrected chi connectivity index (χ3v) is 2.84. The van der Waals surface area contributed by atoms with Crippen molar-refractivity contribution in [2.75, 3.05) is 0 Å². The van der Waals surface area contributed by atoms with Gasteiger partial charge >= 0.3 is 5.97 Å². The number of halogens is 2. The van der Waals surface area contributed by atoms with E-state index in [9.17, 15) is 4.79 Å². The number of aliphatic carboxylic acids is 1. The minimum atomic E-state index is -0.990. The Morgan fingerprint density at radius 3 is 2.79 bits per heavy atom. The molecule has 1 rings (SSSR count). The predicted octanol–water partition coefficient (Wildman–Crippen LogP) is 3.68. The molecule has 2 nitrogen and oxygen atoms in total. The average Bonchev–Trinajstić information content (AvgIpc) is 2.10. The number of hydrogen-bond donors (Lipinski definition) is 1. The highest BCUT2D eigenvalue weighted by Gasteiger charge is 1.99. The molecular weight excluding hydrogens is 243 g/mol. The van der Waals surface area contributed by atoms with Crippen LogP contribution < -0.4 is 0 Å². The summed E-state index contributed by atoms with van der Waals surface area (Å²) in [4.78, 5) is 10.9. The van der Waals surface area contributed by atoms with E-state index in [0.717, 1.165) is 11.0 Å². The van der Waals surface area contributed by atoms with Crippen LogP contribution in [0.1, 0.15) is 0 Å². The van der Waals surface area contributed by atoms with Gasteiger partial charge in [-0.05, 0) is 23.6 Å². The standard InChI is InChI=1S/C9H6Cl2O2S/c10-6-1-2-7(11)8(5-6)14-4-3-9(12)13/h1-5H,(H,12,13). The van der Waals surface area contributed by atoms with Gasteiger partial charge in [0, 0.05) is 16.0 Å². The maximum absolute atomic E-state index is 10.2. The van der Waals surface area contributed by atoms with Crippen molar-refractivity contribution in [3.05, 3.63) is 39.7 Å². The van der Waals surface area contributed by atoms with Crippen molar-refractivity contribution < 1.29 is 9.90 Å². The van der Waals surface area contributed by atoms with Crippen LogP contribution >= 0.6 is 35.0 Å². The molecule has 0 unspecified atom stereocenters. The Kier molecular flexibility index (Phi) is 4.32. The van der Waals surface area contributed by atoms with Crippen molar-refractivity contribution >= 4 is 40.9 Å². The molecule has 0 saturated heterocycles. The fourth-order valence-corrected chi connectivity index (χ4v) is 1.93. The number of rotatable bonds is 3. The molecule has 0 fully saturated rings. The fourth-order valence-electron chi connectivity index (χ4n) is 0.733. The SMILES string of the molecule is O=C(O)C=CSc1cc(Cl)ccc1Cl. The van der Waals surface area contributed by atoms with Crippen molar-refractivity contribution in [2.24, 2.45) is 0 Å². The molecule has 0 heterocycles. The molecular formula is C9H6Cl2O2S. The average molecular weight is 249 g/mol. The lowest BCUT2D eigenvalue weighted by molar-refractivity contribution is -0.131. The summed E-state index contributed by atoms with van der Waals surface area (Å²) in [5.74, 6) is -0.990. The number of thioether (sulfide) groups is 1. The van der Waals surface area contributed by atoms with Crippen LogP contribution in [0.25, 0.3) is 0 Å². The third-order valence-electron chi connectivity index (χ3n) is 1.30. The van der Waals surface area contributed by atoms with Gasteiger partial charge in [-0.3, -0.25) is 0 Å². The Bertz CT molecular complexity index is 377. The first-order valence-corrected chi connectivity index (χ1v) is 5.24. The Labute approximate surface area is 95.5 Å². The van der Waals surface area contributed by atoms with E-state index in [2.05, 4.69) is 0 Å². The van der Waals surface area contributed by atoms with E-state index in [1.54, 1.807) is 18.2 Å². The van der Waals surface area contributed by atoms with Gasteiger partial charge in [0.15, 0.2) is 0 Å². The van der Waals surface area contributed by atoms with Crippen molar-refractivity contribution in [1.82, 2.24) is 0 Å². The first-order valence-electron chi connectivity index (χ1n) is 3.61. The summed E-state index contributed by atoms with van der Waals surface area (Å²) in [6.45, 7) is 0. The Balaban J connectivity index is 2.76. The zero-order chi connectivity index (χ0) is 10.6. The second-order valence-corrected chi connectivity index (χ2v) is 4.12. The topological polar surface area (TPSA) is 37.3 Å². The molecule has 0 aromatic heterocycles. The van der Waals surface area contributed by atoms with Gasteiger partial charge in [0.1, 0.15) is 0 Å². The fraction of sp³-hybridized carbons (Fsp3) is 0. The van der Waals surface area contributed by atoms with Crippen LogP contribution in [0, 0.1) is 0 Å². The van der Waals surface area contributed by atoms with Gasteiger partial charge in [0.05, 0.1) is 5.02 Å². The molecule has 0 amide bonds. The molecule has 0 aliphatic heterocycles.